The number of piperazine rings is 1. The Morgan fingerprint density at radius 2 is 1.64 bits per heavy atom. The second-order valence-electron chi connectivity index (χ2n) is 8.74. The number of aromatic nitrogens is 2. The molecular formula is C25H29N5O3. The third-order valence-corrected chi connectivity index (χ3v) is 6.42. The van der Waals surface area contributed by atoms with Gasteiger partial charge in [0.05, 0.1) is 17.8 Å². The Hall–Kier alpha value is -3.39. The van der Waals surface area contributed by atoms with Crippen molar-refractivity contribution in [3.05, 3.63) is 60.0 Å². The molecule has 1 aromatic carbocycles. The molecule has 8 nitrogen and oxygen atoms in total. The average Bonchev–Trinajstić information content (AvgIpc) is 3.60. The van der Waals surface area contributed by atoms with Crippen molar-refractivity contribution in [2.24, 2.45) is 0 Å². The van der Waals surface area contributed by atoms with Gasteiger partial charge in [-0.15, -0.1) is 0 Å². The minimum absolute atomic E-state index is 0.0632. The van der Waals surface area contributed by atoms with E-state index in [1.54, 1.807) is 10.9 Å². The Bertz CT molecular complexity index is 1120. The summed E-state index contributed by atoms with van der Waals surface area (Å²) >= 11 is 0. The predicted molar refractivity (Wildman–Crippen MR) is 124 cm³/mol. The molecule has 3 aromatic rings. The number of para-hydroxylation sites is 1. The van der Waals surface area contributed by atoms with E-state index in [-0.39, 0.29) is 11.8 Å². The Morgan fingerprint density at radius 1 is 0.909 bits per heavy atom. The first-order valence-electron chi connectivity index (χ1n) is 11.6. The van der Waals surface area contributed by atoms with Crippen molar-refractivity contribution in [2.45, 2.75) is 19.8 Å². The fraction of sp³-hybridized carbons (Fsp3) is 0.400. The van der Waals surface area contributed by atoms with Crippen LogP contribution in [-0.2, 0) is 4.79 Å². The lowest BCUT2D eigenvalue weighted by atomic mass is 10.1. The number of carbonyl (C=O) groups is 2. The fourth-order valence-electron chi connectivity index (χ4n) is 4.52. The zero-order chi connectivity index (χ0) is 22.8. The van der Waals surface area contributed by atoms with Crippen LogP contribution in [0.5, 0.6) is 0 Å². The quantitative estimate of drug-likeness (QED) is 0.601. The molecule has 2 aliphatic heterocycles. The van der Waals surface area contributed by atoms with E-state index in [4.69, 9.17) is 9.52 Å². The lowest BCUT2D eigenvalue weighted by molar-refractivity contribution is -0.131. The van der Waals surface area contributed by atoms with E-state index in [9.17, 15) is 9.59 Å². The van der Waals surface area contributed by atoms with Crippen LogP contribution in [0, 0.1) is 6.92 Å². The van der Waals surface area contributed by atoms with E-state index >= 15 is 0 Å². The van der Waals surface area contributed by atoms with E-state index in [1.165, 1.54) is 0 Å². The van der Waals surface area contributed by atoms with Gasteiger partial charge in [-0.3, -0.25) is 14.5 Å². The van der Waals surface area contributed by atoms with Crippen molar-refractivity contribution in [3.8, 4) is 17.1 Å². The van der Waals surface area contributed by atoms with Gasteiger partial charge >= 0.3 is 0 Å². The average molecular weight is 448 g/mol. The number of hydrogen-bond donors (Lipinski definition) is 0. The lowest BCUT2D eigenvalue weighted by Crippen LogP contribution is -2.51. The highest BCUT2D eigenvalue weighted by molar-refractivity contribution is 5.99. The first-order chi connectivity index (χ1) is 16.1. The molecule has 4 heterocycles. The molecule has 0 saturated carbocycles. The summed E-state index contributed by atoms with van der Waals surface area (Å²) in [4.78, 5) is 31.9. The third-order valence-electron chi connectivity index (χ3n) is 6.42. The summed E-state index contributed by atoms with van der Waals surface area (Å²) in [5.41, 5.74) is 1.95. The number of aryl methyl sites for hydroxylation is 1. The zero-order valence-electron chi connectivity index (χ0n) is 18.9. The second-order valence-corrected chi connectivity index (χ2v) is 8.74. The summed E-state index contributed by atoms with van der Waals surface area (Å²) in [6.45, 7) is 6.60. The number of nitrogens with zero attached hydrogens (tertiary/aromatic N) is 5. The van der Waals surface area contributed by atoms with E-state index in [0.29, 0.717) is 49.7 Å². The van der Waals surface area contributed by atoms with Crippen LogP contribution < -0.4 is 0 Å². The molecule has 2 aromatic heterocycles. The smallest absolute Gasteiger partial charge is 0.257 e. The van der Waals surface area contributed by atoms with Gasteiger partial charge in [-0.05, 0) is 44.0 Å². The molecule has 0 aliphatic carbocycles. The van der Waals surface area contributed by atoms with Crippen LogP contribution in [0.25, 0.3) is 17.1 Å². The molecular weight excluding hydrogens is 418 g/mol. The van der Waals surface area contributed by atoms with Gasteiger partial charge in [0.1, 0.15) is 11.5 Å². The molecule has 0 N–H and O–H groups in total. The number of benzene rings is 1. The zero-order valence-corrected chi connectivity index (χ0v) is 18.9. The number of hydrogen-bond acceptors (Lipinski definition) is 5. The molecule has 0 atom stereocenters. The van der Waals surface area contributed by atoms with Crippen LogP contribution in [0.15, 0.2) is 53.1 Å². The fourth-order valence-corrected chi connectivity index (χ4v) is 4.52. The van der Waals surface area contributed by atoms with Crippen molar-refractivity contribution in [1.82, 2.24) is 24.5 Å². The number of amides is 2. The summed E-state index contributed by atoms with van der Waals surface area (Å²) in [6, 6.07) is 13.5. The van der Waals surface area contributed by atoms with Gasteiger partial charge in [0.15, 0.2) is 5.76 Å². The number of furan rings is 1. The largest absolute Gasteiger partial charge is 0.460 e. The highest BCUT2D eigenvalue weighted by Crippen LogP contribution is 2.27. The molecule has 33 heavy (non-hydrogen) atoms. The van der Waals surface area contributed by atoms with Crippen molar-refractivity contribution in [2.75, 3.05) is 45.8 Å². The maximum atomic E-state index is 13.5. The molecule has 0 unspecified atom stereocenters. The van der Waals surface area contributed by atoms with E-state index in [2.05, 4.69) is 4.90 Å². The first-order valence-corrected chi connectivity index (χ1v) is 11.6. The minimum Gasteiger partial charge on any atom is -0.460 e. The van der Waals surface area contributed by atoms with Crippen LogP contribution in [0.1, 0.15) is 29.0 Å². The van der Waals surface area contributed by atoms with Crippen LogP contribution in [0.2, 0.25) is 0 Å². The maximum absolute atomic E-state index is 13.5. The summed E-state index contributed by atoms with van der Waals surface area (Å²) in [6.07, 6.45) is 3.98. The van der Waals surface area contributed by atoms with Crippen LogP contribution in [0.3, 0.4) is 0 Å². The van der Waals surface area contributed by atoms with Gasteiger partial charge in [0, 0.05) is 45.5 Å². The molecule has 8 heteroatoms. The Balaban J connectivity index is 1.32. The van der Waals surface area contributed by atoms with Gasteiger partial charge < -0.3 is 14.2 Å². The normalized spacial score (nSPS) is 17.0. The van der Waals surface area contributed by atoms with Gasteiger partial charge in [0.25, 0.3) is 5.91 Å². The Kier molecular flexibility index (Phi) is 6.00. The van der Waals surface area contributed by atoms with Crippen LogP contribution in [-0.4, -0.2) is 82.1 Å². The number of likely N-dealkylation sites (tertiary alicyclic amines) is 1. The molecule has 5 rings (SSSR count). The van der Waals surface area contributed by atoms with Gasteiger partial charge in [0.2, 0.25) is 5.91 Å². The topological polar surface area (TPSA) is 74.8 Å². The van der Waals surface area contributed by atoms with E-state index < -0.39 is 0 Å². The molecule has 0 bridgehead atoms. The summed E-state index contributed by atoms with van der Waals surface area (Å²) in [7, 11) is 0. The first kappa shape index (κ1) is 21.5. The third kappa shape index (κ3) is 4.57. The maximum Gasteiger partial charge on any atom is 0.257 e. The number of carbonyl (C=O) groups excluding carboxylic acids is 2. The molecule has 2 amide bonds. The molecule has 2 saturated heterocycles. The standard InChI is InChI=1S/C25H29N5O3/c1-19-9-10-22(33-19)24-21(17-30(26-24)20-7-3-2-4-8-20)25(32)29-15-13-27(14-16-29)18-23(31)28-11-5-6-12-28/h2-4,7-10,17H,5-6,11-16,18H2,1H3. The van der Waals surface area contributed by atoms with Crippen molar-refractivity contribution in [3.63, 3.8) is 0 Å². The monoisotopic (exact) mass is 447 g/mol. The Morgan fingerprint density at radius 3 is 2.30 bits per heavy atom. The number of rotatable bonds is 5. The molecule has 172 valence electrons. The van der Waals surface area contributed by atoms with Gasteiger partial charge in [-0.1, -0.05) is 18.2 Å². The molecule has 0 spiro atoms. The summed E-state index contributed by atoms with van der Waals surface area (Å²) < 4.78 is 7.54. The van der Waals surface area contributed by atoms with Gasteiger partial charge in [-0.25, -0.2) is 4.68 Å². The molecule has 2 aliphatic rings. The van der Waals surface area contributed by atoms with Crippen molar-refractivity contribution in [1.29, 1.82) is 0 Å². The van der Waals surface area contributed by atoms with Gasteiger partial charge in [-0.2, -0.15) is 5.10 Å². The minimum atomic E-state index is -0.0632. The second kappa shape index (κ2) is 9.23. The van der Waals surface area contributed by atoms with Crippen LogP contribution in [0.4, 0.5) is 0 Å². The van der Waals surface area contributed by atoms with E-state index in [1.807, 2.05) is 59.2 Å². The van der Waals surface area contributed by atoms with Crippen LogP contribution >= 0.6 is 0 Å². The highest BCUT2D eigenvalue weighted by atomic mass is 16.3. The SMILES string of the molecule is Cc1ccc(-c2nn(-c3ccccc3)cc2C(=O)N2CCN(CC(=O)N3CCCC3)CC2)o1. The summed E-state index contributed by atoms with van der Waals surface area (Å²) in [5, 5.41) is 4.69. The highest BCUT2D eigenvalue weighted by Gasteiger charge is 2.29. The van der Waals surface area contributed by atoms with E-state index in [0.717, 1.165) is 37.4 Å². The van der Waals surface area contributed by atoms with Crippen molar-refractivity contribution >= 4 is 11.8 Å². The predicted octanol–water partition coefficient (Wildman–Crippen LogP) is 2.82. The molecule has 0 radical (unpaired) electrons. The van der Waals surface area contributed by atoms with Crippen molar-refractivity contribution < 1.29 is 14.0 Å². The summed E-state index contributed by atoms with van der Waals surface area (Å²) in [5.74, 6) is 1.49. The lowest BCUT2D eigenvalue weighted by Gasteiger charge is -2.35. The Labute approximate surface area is 193 Å². The molecule has 2 fully saturated rings.